The molecule has 6 heteroatoms. The molecule has 1 fully saturated rings. The number of aliphatic hydroxyl groups excluding tert-OH is 1. The first-order chi connectivity index (χ1) is 8.13. The van der Waals surface area contributed by atoms with Gasteiger partial charge in [-0.2, -0.15) is 5.10 Å². The van der Waals surface area contributed by atoms with E-state index in [-0.39, 0.29) is 0 Å². The molecular weight excluding hydrogens is 222 g/mol. The van der Waals surface area contributed by atoms with Crippen LogP contribution < -0.4 is 0 Å². The van der Waals surface area contributed by atoms with Gasteiger partial charge in [-0.1, -0.05) is 0 Å². The van der Waals surface area contributed by atoms with E-state index in [1.807, 2.05) is 0 Å². The van der Waals surface area contributed by atoms with Gasteiger partial charge >= 0.3 is 5.97 Å². The molecule has 6 nitrogen and oxygen atoms in total. The van der Waals surface area contributed by atoms with Crippen LogP contribution in [0.15, 0.2) is 24.7 Å². The largest absolute Gasteiger partial charge is 0.479 e. The van der Waals surface area contributed by atoms with E-state index < -0.39 is 17.5 Å². The lowest BCUT2D eigenvalue weighted by molar-refractivity contribution is -0.148. The summed E-state index contributed by atoms with van der Waals surface area (Å²) in [5.74, 6) is -1.19. The standard InChI is InChI=1S/C11H11N3O3/c15-9(10(16)17)11(2-3-11)7-5-12-8-1-4-13-14(8)6-7/h1,4-6,9,15H,2-3H2,(H,16,17). The molecule has 3 rings (SSSR count). The zero-order chi connectivity index (χ0) is 12.0. The monoisotopic (exact) mass is 233 g/mol. The first-order valence-corrected chi connectivity index (χ1v) is 5.34. The predicted molar refractivity (Wildman–Crippen MR) is 57.5 cm³/mol. The maximum atomic E-state index is 10.9. The first-order valence-electron chi connectivity index (χ1n) is 5.34. The second-order valence-corrected chi connectivity index (χ2v) is 4.37. The Hall–Kier alpha value is -1.95. The zero-order valence-corrected chi connectivity index (χ0v) is 8.95. The van der Waals surface area contributed by atoms with Crippen molar-refractivity contribution in [1.29, 1.82) is 0 Å². The van der Waals surface area contributed by atoms with Gasteiger partial charge in [-0.25, -0.2) is 14.3 Å². The van der Waals surface area contributed by atoms with Crippen LogP contribution in [0, 0.1) is 0 Å². The van der Waals surface area contributed by atoms with E-state index in [2.05, 4.69) is 10.1 Å². The summed E-state index contributed by atoms with van der Waals surface area (Å²) in [7, 11) is 0. The quantitative estimate of drug-likeness (QED) is 0.791. The van der Waals surface area contributed by atoms with E-state index in [0.29, 0.717) is 18.5 Å². The molecule has 0 bridgehead atoms. The van der Waals surface area contributed by atoms with E-state index in [1.165, 1.54) is 0 Å². The molecule has 2 aromatic heterocycles. The van der Waals surface area contributed by atoms with Crippen molar-refractivity contribution in [3.63, 3.8) is 0 Å². The van der Waals surface area contributed by atoms with Crippen molar-refractivity contribution in [1.82, 2.24) is 14.6 Å². The highest BCUT2D eigenvalue weighted by Crippen LogP contribution is 2.50. The molecule has 0 aliphatic heterocycles. The Kier molecular flexibility index (Phi) is 1.97. The van der Waals surface area contributed by atoms with Gasteiger partial charge in [0, 0.05) is 23.9 Å². The smallest absolute Gasteiger partial charge is 0.333 e. The van der Waals surface area contributed by atoms with Crippen molar-refractivity contribution in [2.24, 2.45) is 0 Å². The SMILES string of the molecule is O=C(O)C(O)C1(c2cnc3ccnn3c2)CC1. The molecule has 2 N–H and O–H groups in total. The number of fused-ring (bicyclic) bond motifs is 1. The van der Waals surface area contributed by atoms with Crippen LogP contribution in [-0.4, -0.2) is 36.9 Å². The van der Waals surface area contributed by atoms with Gasteiger partial charge in [0.1, 0.15) is 0 Å². The minimum atomic E-state index is -1.38. The molecule has 0 spiro atoms. The van der Waals surface area contributed by atoms with Crippen LogP contribution in [0.1, 0.15) is 18.4 Å². The number of carboxylic acids is 1. The van der Waals surface area contributed by atoms with Gasteiger partial charge in [0.05, 0.1) is 6.20 Å². The minimum Gasteiger partial charge on any atom is -0.479 e. The average molecular weight is 233 g/mol. The number of rotatable bonds is 3. The Balaban J connectivity index is 2.06. The summed E-state index contributed by atoms with van der Waals surface area (Å²) in [6.07, 6.45) is 4.93. The summed E-state index contributed by atoms with van der Waals surface area (Å²) in [6.45, 7) is 0. The number of carboxylic acid groups (broad SMARTS) is 1. The Morgan fingerprint density at radius 2 is 2.29 bits per heavy atom. The fourth-order valence-corrected chi connectivity index (χ4v) is 2.16. The van der Waals surface area contributed by atoms with Crippen LogP contribution in [0.4, 0.5) is 0 Å². The van der Waals surface area contributed by atoms with Gasteiger partial charge in [0.25, 0.3) is 0 Å². The molecule has 1 unspecified atom stereocenters. The van der Waals surface area contributed by atoms with Crippen molar-refractivity contribution in [3.8, 4) is 0 Å². The Morgan fingerprint density at radius 3 is 2.94 bits per heavy atom. The lowest BCUT2D eigenvalue weighted by Gasteiger charge is -2.18. The maximum absolute atomic E-state index is 10.9. The molecule has 1 aliphatic rings. The summed E-state index contributed by atoms with van der Waals surface area (Å²) in [5.41, 5.74) is 0.747. The summed E-state index contributed by atoms with van der Waals surface area (Å²) in [4.78, 5) is 15.1. The lowest BCUT2D eigenvalue weighted by atomic mass is 9.92. The average Bonchev–Trinajstić information content (AvgIpc) is 2.99. The lowest BCUT2D eigenvalue weighted by Crippen LogP contribution is -2.34. The summed E-state index contributed by atoms with van der Waals surface area (Å²) >= 11 is 0. The minimum absolute atomic E-state index is 0.662. The van der Waals surface area contributed by atoms with E-state index >= 15 is 0 Å². The van der Waals surface area contributed by atoms with E-state index in [1.54, 1.807) is 29.2 Å². The third kappa shape index (κ3) is 1.41. The highest BCUT2D eigenvalue weighted by atomic mass is 16.4. The van der Waals surface area contributed by atoms with Gasteiger partial charge in [-0.05, 0) is 18.4 Å². The highest BCUT2D eigenvalue weighted by Gasteiger charge is 2.54. The molecule has 1 atom stereocenters. The summed E-state index contributed by atoms with van der Waals surface area (Å²) in [5, 5.41) is 22.7. The highest BCUT2D eigenvalue weighted by molar-refractivity contribution is 5.75. The predicted octanol–water partition coefficient (Wildman–Crippen LogP) is 0.206. The number of hydrogen-bond acceptors (Lipinski definition) is 4. The van der Waals surface area contributed by atoms with E-state index in [0.717, 1.165) is 5.56 Å². The van der Waals surface area contributed by atoms with Gasteiger partial charge < -0.3 is 10.2 Å². The van der Waals surface area contributed by atoms with E-state index in [4.69, 9.17) is 5.11 Å². The molecule has 0 amide bonds. The number of nitrogens with zero attached hydrogens (tertiary/aromatic N) is 3. The van der Waals surface area contributed by atoms with Crippen molar-refractivity contribution in [2.75, 3.05) is 0 Å². The molecule has 2 heterocycles. The number of aliphatic carboxylic acids is 1. The van der Waals surface area contributed by atoms with Crippen LogP contribution >= 0.6 is 0 Å². The van der Waals surface area contributed by atoms with Gasteiger partial charge in [0.2, 0.25) is 0 Å². The molecular formula is C11H11N3O3. The number of hydrogen-bond donors (Lipinski definition) is 2. The molecule has 0 radical (unpaired) electrons. The number of carbonyl (C=O) groups is 1. The number of aromatic nitrogens is 3. The molecule has 2 aromatic rings. The maximum Gasteiger partial charge on any atom is 0.333 e. The van der Waals surface area contributed by atoms with Crippen LogP contribution in [0.25, 0.3) is 5.65 Å². The molecule has 0 saturated heterocycles. The normalized spacial score (nSPS) is 19.1. The molecule has 88 valence electrons. The van der Waals surface area contributed by atoms with E-state index in [9.17, 15) is 9.90 Å². The fourth-order valence-electron chi connectivity index (χ4n) is 2.16. The molecule has 1 aliphatic carbocycles. The van der Waals surface area contributed by atoms with Crippen LogP contribution in [0.5, 0.6) is 0 Å². The second-order valence-electron chi connectivity index (χ2n) is 4.37. The third-order valence-electron chi connectivity index (χ3n) is 3.37. The zero-order valence-electron chi connectivity index (χ0n) is 8.95. The summed E-state index contributed by atoms with van der Waals surface area (Å²) in [6, 6.07) is 1.76. The Labute approximate surface area is 96.5 Å². The molecule has 17 heavy (non-hydrogen) atoms. The fraction of sp³-hybridized carbons (Fsp3) is 0.364. The van der Waals surface area contributed by atoms with Crippen molar-refractivity contribution in [3.05, 3.63) is 30.2 Å². The number of aliphatic hydroxyl groups is 1. The Bertz CT molecular complexity index is 588. The summed E-state index contributed by atoms with van der Waals surface area (Å²) < 4.78 is 1.59. The van der Waals surface area contributed by atoms with Crippen molar-refractivity contribution < 1.29 is 15.0 Å². The van der Waals surface area contributed by atoms with Crippen LogP contribution in [0.3, 0.4) is 0 Å². The van der Waals surface area contributed by atoms with Crippen molar-refractivity contribution >= 4 is 11.6 Å². The van der Waals surface area contributed by atoms with Crippen LogP contribution in [-0.2, 0) is 10.2 Å². The van der Waals surface area contributed by atoms with Crippen LogP contribution in [0.2, 0.25) is 0 Å². The van der Waals surface area contributed by atoms with Gasteiger partial charge in [-0.15, -0.1) is 0 Å². The third-order valence-corrected chi connectivity index (χ3v) is 3.37. The van der Waals surface area contributed by atoms with Gasteiger partial charge in [-0.3, -0.25) is 0 Å². The van der Waals surface area contributed by atoms with Gasteiger partial charge in [0.15, 0.2) is 11.8 Å². The topological polar surface area (TPSA) is 87.7 Å². The Morgan fingerprint density at radius 1 is 1.53 bits per heavy atom. The second kappa shape index (κ2) is 3.27. The molecule has 1 saturated carbocycles. The molecule has 0 aromatic carbocycles. The first kappa shape index (κ1) is 10.2. The van der Waals surface area contributed by atoms with Crippen molar-refractivity contribution in [2.45, 2.75) is 24.4 Å².